The van der Waals surface area contributed by atoms with E-state index in [4.69, 9.17) is 0 Å². The number of halogens is 1. The molecule has 3 nitrogen and oxygen atoms in total. The Morgan fingerprint density at radius 1 is 0.810 bits per heavy atom. The van der Waals surface area contributed by atoms with Crippen molar-refractivity contribution in [2.75, 3.05) is 4.90 Å². The molecule has 1 heterocycles. The Balaban J connectivity index is 2.18. The number of carbonyl (C=O) groups is 2. The second-order valence-corrected chi connectivity index (χ2v) is 6.18. The van der Waals surface area contributed by atoms with Gasteiger partial charge in [0.2, 0.25) is 0 Å². The molecule has 0 aliphatic carbocycles. The summed E-state index contributed by atoms with van der Waals surface area (Å²) in [6, 6.07) is 9.25. The monoisotopic (exact) mass is 343 g/mol. The molecule has 0 saturated carbocycles. The van der Waals surface area contributed by atoms with E-state index < -0.39 is 0 Å². The number of benzene rings is 2. The minimum absolute atomic E-state index is 0.238. The molecule has 1 aliphatic rings. The van der Waals surface area contributed by atoms with Gasteiger partial charge in [0.25, 0.3) is 11.8 Å². The Hall–Kier alpha value is -1.94. The molecule has 3 rings (SSSR count). The van der Waals surface area contributed by atoms with Gasteiger partial charge in [0.1, 0.15) is 0 Å². The quantitative estimate of drug-likeness (QED) is 0.728. The van der Waals surface area contributed by atoms with Crippen molar-refractivity contribution in [2.45, 2.75) is 20.8 Å². The molecule has 0 radical (unpaired) electrons. The number of hydrogen-bond donors (Lipinski definition) is 0. The number of rotatable bonds is 1. The van der Waals surface area contributed by atoms with E-state index in [2.05, 4.69) is 15.9 Å². The largest absolute Gasteiger partial charge is 0.268 e. The van der Waals surface area contributed by atoms with Crippen LogP contribution >= 0.6 is 15.9 Å². The number of nitrogens with zero attached hydrogens (tertiary/aromatic N) is 1. The molecule has 106 valence electrons. The van der Waals surface area contributed by atoms with E-state index >= 15 is 0 Å². The standard InChI is InChI=1S/C17H14BrNO2/c1-9-4-5-10(2)15-14(9)16(20)19(17(15)21)12-6-7-13(18)11(3)8-12/h4-8H,1-3H3. The van der Waals surface area contributed by atoms with Crippen LogP contribution in [0.1, 0.15) is 37.4 Å². The first kappa shape index (κ1) is 14.0. The van der Waals surface area contributed by atoms with Crippen molar-refractivity contribution in [2.24, 2.45) is 0 Å². The Morgan fingerprint density at radius 2 is 1.33 bits per heavy atom. The smallest absolute Gasteiger partial charge is 0.266 e. The van der Waals surface area contributed by atoms with E-state index in [1.54, 1.807) is 6.07 Å². The summed E-state index contributed by atoms with van der Waals surface area (Å²) in [5, 5.41) is 0. The van der Waals surface area contributed by atoms with Gasteiger partial charge >= 0.3 is 0 Å². The van der Waals surface area contributed by atoms with Gasteiger partial charge in [-0.25, -0.2) is 4.90 Å². The molecule has 0 saturated heterocycles. The molecule has 0 atom stereocenters. The van der Waals surface area contributed by atoms with Gasteiger partial charge in [-0.2, -0.15) is 0 Å². The van der Waals surface area contributed by atoms with E-state index in [1.807, 2.05) is 45.0 Å². The van der Waals surface area contributed by atoms with Gasteiger partial charge in [-0.15, -0.1) is 0 Å². The highest BCUT2D eigenvalue weighted by molar-refractivity contribution is 9.10. The van der Waals surface area contributed by atoms with Crippen LogP contribution in [0.5, 0.6) is 0 Å². The lowest BCUT2D eigenvalue weighted by molar-refractivity contribution is 0.0926. The zero-order chi connectivity index (χ0) is 15.3. The normalized spacial score (nSPS) is 13.8. The fraction of sp³-hybridized carbons (Fsp3) is 0.176. The van der Waals surface area contributed by atoms with Crippen molar-refractivity contribution in [1.29, 1.82) is 0 Å². The Morgan fingerprint density at radius 3 is 1.81 bits per heavy atom. The summed E-state index contributed by atoms with van der Waals surface area (Å²) in [5.41, 5.74) is 4.33. The van der Waals surface area contributed by atoms with Gasteiger partial charge in [0, 0.05) is 4.47 Å². The van der Waals surface area contributed by atoms with Crippen LogP contribution in [0.15, 0.2) is 34.8 Å². The number of aryl methyl sites for hydroxylation is 3. The molecule has 0 spiro atoms. The summed E-state index contributed by atoms with van der Waals surface area (Å²) in [5.74, 6) is -0.476. The molecule has 2 aromatic carbocycles. The van der Waals surface area contributed by atoms with Crippen LogP contribution in [0.2, 0.25) is 0 Å². The lowest BCUT2D eigenvalue weighted by Gasteiger charge is -2.15. The average Bonchev–Trinajstić information content (AvgIpc) is 2.70. The van der Waals surface area contributed by atoms with Gasteiger partial charge in [-0.1, -0.05) is 28.1 Å². The van der Waals surface area contributed by atoms with Gasteiger partial charge in [-0.05, 0) is 55.7 Å². The molecule has 2 amide bonds. The third-order valence-corrected chi connectivity index (χ3v) is 4.75. The highest BCUT2D eigenvalue weighted by Gasteiger charge is 2.38. The third kappa shape index (κ3) is 2.02. The molecule has 21 heavy (non-hydrogen) atoms. The highest BCUT2D eigenvalue weighted by Crippen LogP contribution is 2.33. The summed E-state index contributed by atoms with van der Waals surface area (Å²) in [7, 11) is 0. The first-order valence-electron chi connectivity index (χ1n) is 6.67. The number of anilines is 1. The maximum absolute atomic E-state index is 12.7. The van der Waals surface area contributed by atoms with Crippen molar-refractivity contribution in [3.8, 4) is 0 Å². The summed E-state index contributed by atoms with van der Waals surface area (Å²) in [6.07, 6.45) is 0. The summed E-state index contributed by atoms with van der Waals surface area (Å²) >= 11 is 3.43. The Bertz CT molecular complexity index is 755. The number of carbonyl (C=O) groups excluding carboxylic acids is 2. The summed E-state index contributed by atoms with van der Waals surface area (Å²) in [4.78, 5) is 26.6. The topological polar surface area (TPSA) is 37.4 Å². The molecule has 0 aromatic heterocycles. The molecule has 0 fully saturated rings. The van der Waals surface area contributed by atoms with Crippen molar-refractivity contribution in [3.63, 3.8) is 0 Å². The zero-order valence-electron chi connectivity index (χ0n) is 12.0. The molecular weight excluding hydrogens is 330 g/mol. The molecule has 1 aliphatic heterocycles. The van der Waals surface area contributed by atoms with Gasteiger partial charge in [0.05, 0.1) is 16.8 Å². The van der Waals surface area contributed by atoms with Crippen LogP contribution in [0, 0.1) is 20.8 Å². The average molecular weight is 344 g/mol. The maximum atomic E-state index is 12.7. The van der Waals surface area contributed by atoms with Crippen molar-refractivity contribution < 1.29 is 9.59 Å². The minimum atomic E-state index is -0.238. The Kier molecular flexibility index (Phi) is 3.21. The van der Waals surface area contributed by atoms with E-state index in [9.17, 15) is 9.59 Å². The number of amides is 2. The molecular formula is C17H14BrNO2. The zero-order valence-corrected chi connectivity index (χ0v) is 13.6. The van der Waals surface area contributed by atoms with Crippen molar-refractivity contribution in [3.05, 3.63) is 62.6 Å². The minimum Gasteiger partial charge on any atom is -0.268 e. The fourth-order valence-electron chi connectivity index (χ4n) is 2.68. The molecule has 0 N–H and O–H groups in total. The molecule has 0 unspecified atom stereocenters. The lowest BCUT2D eigenvalue weighted by atomic mass is 9.99. The number of fused-ring (bicyclic) bond motifs is 1. The van der Waals surface area contributed by atoms with Crippen LogP contribution in [0.25, 0.3) is 0 Å². The molecule has 2 aromatic rings. The van der Waals surface area contributed by atoms with Crippen LogP contribution in [0.3, 0.4) is 0 Å². The maximum Gasteiger partial charge on any atom is 0.266 e. The van der Waals surface area contributed by atoms with Crippen LogP contribution in [0.4, 0.5) is 5.69 Å². The molecule has 4 heteroatoms. The first-order valence-corrected chi connectivity index (χ1v) is 7.46. The summed E-state index contributed by atoms with van der Waals surface area (Å²) < 4.78 is 0.954. The van der Waals surface area contributed by atoms with Gasteiger partial charge in [-0.3, -0.25) is 9.59 Å². The van der Waals surface area contributed by atoms with Gasteiger partial charge < -0.3 is 0 Å². The van der Waals surface area contributed by atoms with E-state index in [0.29, 0.717) is 16.8 Å². The first-order chi connectivity index (χ1) is 9.91. The fourth-order valence-corrected chi connectivity index (χ4v) is 2.93. The Labute approximate surface area is 131 Å². The summed E-state index contributed by atoms with van der Waals surface area (Å²) in [6.45, 7) is 5.65. The number of hydrogen-bond acceptors (Lipinski definition) is 2. The van der Waals surface area contributed by atoms with Gasteiger partial charge in [0.15, 0.2) is 0 Å². The molecule has 0 bridgehead atoms. The van der Waals surface area contributed by atoms with E-state index in [-0.39, 0.29) is 11.8 Å². The van der Waals surface area contributed by atoms with Crippen molar-refractivity contribution >= 4 is 33.4 Å². The van der Waals surface area contributed by atoms with Crippen LogP contribution in [-0.2, 0) is 0 Å². The van der Waals surface area contributed by atoms with Crippen molar-refractivity contribution in [1.82, 2.24) is 0 Å². The third-order valence-electron chi connectivity index (χ3n) is 3.86. The van der Waals surface area contributed by atoms with Crippen LogP contribution < -0.4 is 4.90 Å². The second-order valence-electron chi connectivity index (χ2n) is 5.33. The highest BCUT2D eigenvalue weighted by atomic mass is 79.9. The predicted octanol–water partition coefficient (Wildman–Crippen LogP) is 4.17. The van der Waals surface area contributed by atoms with E-state index in [0.717, 1.165) is 21.2 Å². The number of imide groups is 1. The second kappa shape index (κ2) is 4.81. The lowest BCUT2D eigenvalue weighted by Crippen LogP contribution is -2.29. The van der Waals surface area contributed by atoms with Crippen LogP contribution in [-0.4, -0.2) is 11.8 Å². The van der Waals surface area contributed by atoms with E-state index in [1.165, 1.54) is 4.90 Å². The SMILES string of the molecule is Cc1cc(N2C(=O)c3c(C)ccc(C)c3C2=O)ccc1Br. The predicted molar refractivity (Wildman–Crippen MR) is 85.9 cm³/mol.